The van der Waals surface area contributed by atoms with Crippen molar-refractivity contribution in [1.29, 1.82) is 0 Å². The summed E-state index contributed by atoms with van der Waals surface area (Å²) in [6.07, 6.45) is 7.78. The van der Waals surface area contributed by atoms with Crippen molar-refractivity contribution in [3.05, 3.63) is 77.7 Å². The first-order valence-corrected chi connectivity index (χ1v) is 10.4. The van der Waals surface area contributed by atoms with Gasteiger partial charge >= 0.3 is 5.97 Å². The largest absolute Gasteiger partial charge is 0.490 e. The molecule has 27 heavy (non-hydrogen) atoms. The van der Waals surface area contributed by atoms with Crippen LogP contribution >= 0.6 is 0 Å². The van der Waals surface area contributed by atoms with Crippen LogP contribution < -0.4 is 4.74 Å². The Kier molecular flexibility index (Phi) is 6.77. The monoisotopic (exact) mass is 381 g/mol. The molecule has 2 aromatic carbocycles. The van der Waals surface area contributed by atoms with E-state index in [0.29, 0.717) is 12.5 Å². The molecule has 1 aliphatic carbocycles. The molecule has 0 aromatic heterocycles. The van der Waals surface area contributed by atoms with Crippen LogP contribution in [0.15, 0.2) is 87.5 Å². The minimum absolute atomic E-state index is 0.0952. The number of hydrogen-bond acceptors (Lipinski definition) is 3. The second-order valence-electron chi connectivity index (χ2n) is 6.48. The Hall–Kier alpha value is -2.46. The smallest absolute Gasteiger partial charge is 0.302 e. The van der Waals surface area contributed by atoms with Gasteiger partial charge < -0.3 is 9.47 Å². The van der Waals surface area contributed by atoms with Crippen LogP contribution in [-0.2, 0) is 20.4 Å². The highest BCUT2D eigenvalue weighted by molar-refractivity contribution is 8.00. The van der Waals surface area contributed by atoms with Gasteiger partial charge in [-0.15, -0.1) is 0 Å². The summed E-state index contributed by atoms with van der Waals surface area (Å²) in [5.41, 5.74) is 0. The first-order chi connectivity index (χ1) is 13.1. The predicted octanol–water partition coefficient (Wildman–Crippen LogP) is 5.14. The first-order valence-electron chi connectivity index (χ1n) is 9.16. The highest BCUT2D eigenvalue weighted by Gasteiger charge is 2.32. The van der Waals surface area contributed by atoms with Gasteiger partial charge in [0.15, 0.2) is 9.79 Å². The molecule has 3 nitrogen and oxygen atoms in total. The lowest BCUT2D eigenvalue weighted by Crippen LogP contribution is -2.12. The second-order valence-corrected chi connectivity index (χ2v) is 8.56. The maximum absolute atomic E-state index is 10.8. The quantitative estimate of drug-likeness (QED) is 0.378. The normalized spacial score (nSPS) is 17.1. The number of ether oxygens (including phenoxy) is 2. The Morgan fingerprint density at radius 2 is 1.74 bits per heavy atom. The molecule has 140 valence electrons. The fourth-order valence-electron chi connectivity index (χ4n) is 2.97. The van der Waals surface area contributed by atoms with Crippen LogP contribution in [0.3, 0.4) is 0 Å². The minimum Gasteiger partial charge on any atom is -0.490 e. The molecule has 0 saturated heterocycles. The highest BCUT2D eigenvalue weighted by atomic mass is 32.2. The Balaban J connectivity index is 1.78. The molecule has 0 spiro atoms. The van der Waals surface area contributed by atoms with Crippen LogP contribution in [-0.4, -0.2) is 19.2 Å². The summed E-state index contributed by atoms with van der Waals surface area (Å²) in [5.74, 6) is 1.06. The van der Waals surface area contributed by atoms with Crippen molar-refractivity contribution in [2.75, 3.05) is 13.2 Å². The molecule has 0 aliphatic heterocycles. The second kappa shape index (κ2) is 9.47. The molecule has 0 fully saturated rings. The van der Waals surface area contributed by atoms with Gasteiger partial charge in [-0.2, -0.15) is 0 Å². The van der Waals surface area contributed by atoms with Crippen molar-refractivity contribution in [1.82, 2.24) is 0 Å². The standard InChI is InChI=1S/C23H25O3S/c1-18-7-6-10-23(17-18)27(21-8-4-3-5-9-21)22-13-11-20(12-14-22)26-16-15-25-19(2)24/h3-14,18H,15-17H2,1-2H3/q+1. The SMILES string of the molecule is CC(=O)OCCOc1ccc([S+](C2=CC=CC(C)C2)c2ccccc2)cc1. The van der Waals surface area contributed by atoms with Crippen molar-refractivity contribution < 1.29 is 14.3 Å². The Labute approximate surface area is 164 Å². The van der Waals surface area contributed by atoms with Gasteiger partial charge in [0.2, 0.25) is 0 Å². The molecule has 0 saturated carbocycles. The van der Waals surface area contributed by atoms with E-state index in [1.54, 1.807) is 0 Å². The molecule has 0 N–H and O–H groups in total. The maximum Gasteiger partial charge on any atom is 0.302 e. The van der Waals surface area contributed by atoms with E-state index >= 15 is 0 Å². The number of allylic oxidation sites excluding steroid dienone is 4. The number of carbonyl (C=O) groups excluding carboxylic acids is 1. The van der Waals surface area contributed by atoms with Crippen LogP contribution in [0.1, 0.15) is 20.3 Å². The molecular weight excluding hydrogens is 356 g/mol. The molecule has 2 aromatic rings. The Morgan fingerprint density at radius 1 is 1.04 bits per heavy atom. The van der Waals surface area contributed by atoms with Crippen LogP contribution in [0.25, 0.3) is 0 Å². The fraction of sp³-hybridized carbons (Fsp3) is 0.261. The van der Waals surface area contributed by atoms with E-state index in [4.69, 9.17) is 9.47 Å². The fourth-order valence-corrected chi connectivity index (χ4v) is 5.33. The molecule has 2 atom stereocenters. The summed E-state index contributed by atoms with van der Waals surface area (Å²) in [5, 5.41) is 0. The molecular formula is C23H25O3S+. The zero-order chi connectivity index (χ0) is 19.1. The van der Waals surface area contributed by atoms with E-state index in [1.165, 1.54) is 21.6 Å². The predicted molar refractivity (Wildman–Crippen MR) is 110 cm³/mol. The van der Waals surface area contributed by atoms with Gasteiger partial charge in [-0.3, -0.25) is 4.79 Å². The van der Waals surface area contributed by atoms with E-state index in [-0.39, 0.29) is 23.5 Å². The number of esters is 1. The van der Waals surface area contributed by atoms with Gasteiger partial charge in [0.05, 0.1) is 10.9 Å². The van der Waals surface area contributed by atoms with E-state index in [0.717, 1.165) is 12.2 Å². The number of hydrogen-bond donors (Lipinski definition) is 0. The van der Waals surface area contributed by atoms with Crippen molar-refractivity contribution in [2.24, 2.45) is 5.92 Å². The number of rotatable bonds is 7. The Bertz CT molecular complexity index is 809. The molecule has 0 heterocycles. The van der Waals surface area contributed by atoms with Crippen LogP contribution in [0.5, 0.6) is 5.75 Å². The van der Waals surface area contributed by atoms with Gasteiger partial charge in [-0.25, -0.2) is 0 Å². The van der Waals surface area contributed by atoms with Gasteiger partial charge in [0.1, 0.15) is 23.9 Å². The average molecular weight is 382 g/mol. The van der Waals surface area contributed by atoms with E-state index < -0.39 is 0 Å². The summed E-state index contributed by atoms with van der Waals surface area (Å²) in [6.45, 7) is 4.28. The average Bonchev–Trinajstić information content (AvgIpc) is 2.67. The highest BCUT2D eigenvalue weighted by Crippen LogP contribution is 2.36. The van der Waals surface area contributed by atoms with Gasteiger partial charge in [-0.05, 0) is 48.4 Å². The Morgan fingerprint density at radius 3 is 2.41 bits per heavy atom. The van der Waals surface area contributed by atoms with Crippen LogP contribution in [0, 0.1) is 5.92 Å². The van der Waals surface area contributed by atoms with Crippen molar-refractivity contribution in [3.63, 3.8) is 0 Å². The third-order valence-corrected chi connectivity index (χ3v) is 6.52. The summed E-state index contributed by atoms with van der Waals surface area (Å²) >= 11 is 0. The molecule has 0 bridgehead atoms. The zero-order valence-corrected chi connectivity index (χ0v) is 16.6. The summed E-state index contributed by atoms with van der Waals surface area (Å²) in [4.78, 5) is 14.9. The molecule has 1 aliphatic rings. The lowest BCUT2D eigenvalue weighted by atomic mass is 10.0. The lowest BCUT2D eigenvalue weighted by Gasteiger charge is -2.16. The topological polar surface area (TPSA) is 35.5 Å². The maximum atomic E-state index is 10.8. The van der Waals surface area contributed by atoms with Gasteiger partial charge in [0, 0.05) is 13.3 Å². The molecule has 3 rings (SSSR count). The first kappa shape index (κ1) is 19.3. The number of carbonyl (C=O) groups is 1. The van der Waals surface area contributed by atoms with E-state index in [1.807, 2.05) is 12.1 Å². The third kappa shape index (κ3) is 5.51. The molecule has 0 amide bonds. The minimum atomic E-state index is -0.287. The summed E-state index contributed by atoms with van der Waals surface area (Å²) < 4.78 is 10.6. The van der Waals surface area contributed by atoms with E-state index in [2.05, 4.69) is 67.6 Å². The number of benzene rings is 2. The third-order valence-electron chi connectivity index (χ3n) is 4.20. The summed E-state index contributed by atoms with van der Waals surface area (Å²) in [6, 6.07) is 18.9. The van der Waals surface area contributed by atoms with Crippen molar-refractivity contribution in [3.8, 4) is 5.75 Å². The van der Waals surface area contributed by atoms with Crippen LogP contribution in [0.4, 0.5) is 0 Å². The van der Waals surface area contributed by atoms with Crippen molar-refractivity contribution >= 4 is 16.9 Å². The molecule has 2 unspecified atom stereocenters. The molecule has 0 radical (unpaired) electrons. The van der Waals surface area contributed by atoms with Crippen molar-refractivity contribution in [2.45, 2.75) is 30.1 Å². The van der Waals surface area contributed by atoms with E-state index in [9.17, 15) is 4.79 Å². The van der Waals surface area contributed by atoms with Crippen LogP contribution in [0.2, 0.25) is 0 Å². The zero-order valence-electron chi connectivity index (χ0n) is 15.8. The summed E-state index contributed by atoms with van der Waals surface area (Å²) in [7, 11) is -0.0952. The van der Waals surface area contributed by atoms with Gasteiger partial charge in [-0.1, -0.05) is 37.3 Å². The van der Waals surface area contributed by atoms with Gasteiger partial charge in [0.25, 0.3) is 0 Å². The lowest BCUT2D eigenvalue weighted by molar-refractivity contribution is -0.141. The molecule has 4 heteroatoms.